The fraction of sp³-hybridized carbons (Fsp3) is 0.107. The number of ether oxygens (including phenoxy) is 5. The Morgan fingerprint density at radius 3 is 2.17 bits per heavy atom. The molecule has 4 rings (SSSR count). The normalized spacial score (nSPS) is 13.9. The Morgan fingerprint density at radius 2 is 1.50 bits per heavy atom. The number of aliphatic imine (C=N–C) groups is 1. The molecule has 8 heteroatoms. The van der Waals surface area contributed by atoms with Gasteiger partial charge in [-0.1, -0.05) is 48.5 Å². The largest absolute Gasteiger partial charge is 0.493 e. The van der Waals surface area contributed by atoms with Gasteiger partial charge < -0.3 is 23.7 Å². The Labute approximate surface area is 208 Å². The average Bonchev–Trinajstić information content (AvgIpc) is 3.26. The van der Waals surface area contributed by atoms with E-state index in [1.54, 1.807) is 36.4 Å². The molecule has 3 aromatic carbocycles. The van der Waals surface area contributed by atoms with Crippen LogP contribution in [-0.4, -0.2) is 39.2 Å². The van der Waals surface area contributed by atoms with Crippen molar-refractivity contribution in [3.05, 3.63) is 95.2 Å². The minimum Gasteiger partial charge on any atom is -0.493 e. The van der Waals surface area contributed by atoms with Gasteiger partial charge in [-0.15, -0.1) is 0 Å². The third kappa shape index (κ3) is 5.44. The van der Waals surface area contributed by atoms with Crippen LogP contribution >= 0.6 is 0 Å². The second kappa shape index (κ2) is 11.1. The molecule has 0 atom stereocenters. The van der Waals surface area contributed by atoms with Gasteiger partial charge >= 0.3 is 11.9 Å². The highest BCUT2D eigenvalue weighted by molar-refractivity contribution is 6.11. The van der Waals surface area contributed by atoms with Crippen LogP contribution in [0.3, 0.4) is 0 Å². The van der Waals surface area contributed by atoms with Gasteiger partial charge in [0.1, 0.15) is 5.75 Å². The lowest BCUT2D eigenvalue weighted by atomic mass is 10.1. The zero-order chi connectivity index (χ0) is 25.5. The van der Waals surface area contributed by atoms with E-state index in [0.29, 0.717) is 22.8 Å². The van der Waals surface area contributed by atoms with Crippen molar-refractivity contribution in [1.82, 2.24) is 0 Å². The summed E-state index contributed by atoms with van der Waals surface area (Å²) in [6, 6.07) is 19.3. The molecule has 0 radical (unpaired) electrons. The quantitative estimate of drug-likeness (QED) is 0.253. The number of benzene rings is 3. The molecule has 36 heavy (non-hydrogen) atoms. The Hall–Kier alpha value is -4.85. The summed E-state index contributed by atoms with van der Waals surface area (Å²) >= 11 is 0. The van der Waals surface area contributed by atoms with Gasteiger partial charge in [0, 0.05) is 11.6 Å². The molecular formula is C28H23NO7. The first-order valence-corrected chi connectivity index (χ1v) is 10.9. The Balaban J connectivity index is 1.58. The number of carbonyl (C=O) groups is 2. The van der Waals surface area contributed by atoms with Crippen LogP contribution in [0.5, 0.6) is 23.0 Å². The molecule has 182 valence electrons. The monoisotopic (exact) mass is 485 g/mol. The van der Waals surface area contributed by atoms with Gasteiger partial charge in [0.25, 0.3) is 0 Å². The third-order valence-corrected chi connectivity index (χ3v) is 5.17. The molecule has 1 aliphatic rings. The van der Waals surface area contributed by atoms with E-state index in [1.165, 1.54) is 39.5 Å². The number of cyclic esters (lactones) is 1. The SMILES string of the molecule is COc1cc(C(=O)Oc2ccccc2/C=C2N=C(/C=C/c3ccccc3)OC/2=O)cc(OC)c1OC. The summed E-state index contributed by atoms with van der Waals surface area (Å²) < 4.78 is 26.8. The first-order valence-electron chi connectivity index (χ1n) is 10.9. The first kappa shape index (κ1) is 24.3. The summed E-state index contributed by atoms with van der Waals surface area (Å²) in [7, 11) is 4.39. The Kier molecular flexibility index (Phi) is 7.45. The van der Waals surface area contributed by atoms with Crippen LogP contribution < -0.4 is 18.9 Å². The highest BCUT2D eigenvalue weighted by atomic mass is 16.6. The van der Waals surface area contributed by atoms with Crippen LogP contribution in [0.25, 0.3) is 12.2 Å². The lowest BCUT2D eigenvalue weighted by Crippen LogP contribution is -2.10. The molecular weight excluding hydrogens is 462 g/mol. The Bertz CT molecular complexity index is 1350. The van der Waals surface area contributed by atoms with Crippen molar-refractivity contribution < 1.29 is 33.3 Å². The maximum atomic E-state index is 13.0. The number of hydrogen-bond donors (Lipinski definition) is 0. The molecule has 0 bridgehead atoms. The van der Waals surface area contributed by atoms with Crippen LogP contribution in [0.4, 0.5) is 0 Å². The van der Waals surface area contributed by atoms with E-state index < -0.39 is 11.9 Å². The molecule has 0 spiro atoms. The smallest absolute Gasteiger partial charge is 0.363 e. The minimum atomic E-state index is -0.649. The van der Waals surface area contributed by atoms with E-state index >= 15 is 0 Å². The molecule has 8 nitrogen and oxygen atoms in total. The van der Waals surface area contributed by atoms with Crippen LogP contribution in [-0.2, 0) is 9.53 Å². The Morgan fingerprint density at radius 1 is 0.833 bits per heavy atom. The zero-order valence-corrected chi connectivity index (χ0v) is 19.9. The number of carbonyl (C=O) groups excluding carboxylic acids is 2. The molecule has 0 fully saturated rings. The van der Waals surface area contributed by atoms with E-state index in [1.807, 2.05) is 30.3 Å². The van der Waals surface area contributed by atoms with Crippen molar-refractivity contribution in [3.8, 4) is 23.0 Å². The average molecular weight is 485 g/mol. The van der Waals surface area contributed by atoms with E-state index in [4.69, 9.17) is 23.7 Å². The van der Waals surface area contributed by atoms with Crippen molar-refractivity contribution in [2.75, 3.05) is 21.3 Å². The van der Waals surface area contributed by atoms with Crippen molar-refractivity contribution in [3.63, 3.8) is 0 Å². The van der Waals surface area contributed by atoms with Gasteiger partial charge in [-0.2, -0.15) is 0 Å². The van der Waals surface area contributed by atoms with Crippen LogP contribution in [0.1, 0.15) is 21.5 Å². The van der Waals surface area contributed by atoms with Crippen LogP contribution in [0, 0.1) is 0 Å². The zero-order valence-electron chi connectivity index (χ0n) is 19.9. The number of methoxy groups -OCH3 is 3. The molecule has 0 saturated carbocycles. The lowest BCUT2D eigenvalue weighted by Gasteiger charge is -2.14. The topological polar surface area (TPSA) is 92.7 Å². The maximum absolute atomic E-state index is 13.0. The molecule has 0 N–H and O–H groups in total. The number of para-hydroxylation sites is 1. The molecule has 3 aromatic rings. The molecule has 0 aliphatic carbocycles. The van der Waals surface area contributed by atoms with Crippen LogP contribution in [0.2, 0.25) is 0 Å². The van der Waals surface area contributed by atoms with Gasteiger partial charge in [-0.25, -0.2) is 14.6 Å². The fourth-order valence-electron chi connectivity index (χ4n) is 3.43. The molecule has 0 saturated heterocycles. The number of hydrogen-bond acceptors (Lipinski definition) is 8. The first-order chi connectivity index (χ1) is 17.5. The summed E-state index contributed by atoms with van der Waals surface area (Å²) in [6.07, 6.45) is 4.91. The van der Waals surface area contributed by atoms with Crippen molar-refractivity contribution in [2.45, 2.75) is 0 Å². The van der Waals surface area contributed by atoms with Gasteiger partial charge in [0.15, 0.2) is 17.2 Å². The third-order valence-electron chi connectivity index (χ3n) is 5.17. The van der Waals surface area contributed by atoms with Gasteiger partial charge in [0.2, 0.25) is 11.6 Å². The van der Waals surface area contributed by atoms with Crippen LogP contribution in [0.15, 0.2) is 83.5 Å². The molecule has 0 aromatic heterocycles. The summed E-state index contributed by atoms with van der Waals surface area (Å²) in [5.74, 6) is 0.146. The number of esters is 2. The van der Waals surface area contributed by atoms with Crippen molar-refractivity contribution >= 4 is 30.0 Å². The standard InChI is InChI=1S/C28H23NO7/c1-32-23-16-20(17-24(33-2)26(23)34-3)27(30)35-22-12-8-7-11-19(22)15-21-28(31)36-25(29-21)14-13-18-9-5-4-6-10-18/h4-17H,1-3H3/b14-13+,21-15+. The summed E-state index contributed by atoms with van der Waals surface area (Å²) in [4.78, 5) is 29.6. The van der Waals surface area contributed by atoms with E-state index in [2.05, 4.69) is 4.99 Å². The van der Waals surface area contributed by atoms with Gasteiger partial charge in [0.05, 0.1) is 26.9 Å². The predicted octanol–water partition coefficient (Wildman–Crippen LogP) is 4.94. The van der Waals surface area contributed by atoms with E-state index in [-0.39, 0.29) is 22.9 Å². The lowest BCUT2D eigenvalue weighted by molar-refractivity contribution is -0.129. The highest BCUT2D eigenvalue weighted by Crippen LogP contribution is 2.38. The van der Waals surface area contributed by atoms with Crippen molar-refractivity contribution in [1.29, 1.82) is 0 Å². The minimum absolute atomic E-state index is 0.0824. The second-order valence-corrected chi connectivity index (χ2v) is 7.45. The molecule has 0 unspecified atom stereocenters. The number of rotatable bonds is 8. The van der Waals surface area contributed by atoms with Gasteiger partial charge in [-0.3, -0.25) is 0 Å². The van der Waals surface area contributed by atoms with E-state index in [0.717, 1.165) is 5.56 Å². The number of nitrogens with zero attached hydrogens (tertiary/aromatic N) is 1. The second-order valence-electron chi connectivity index (χ2n) is 7.45. The summed E-state index contributed by atoms with van der Waals surface area (Å²) in [5, 5.41) is 0. The summed E-state index contributed by atoms with van der Waals surface area (Å²) in [5.41, 5.74) is 1.69. The molecule has 1 heterocycles. The summed E-state index contributed by atoms with van der Waals surface area (Å²) in [6.45, 7) is 0. The molecule has 0 amide bonds. The van der Waals surface area contributed by atoms with Gasteiger partial charge in [-0.05, 0) is 35.9 Å². The predicted molar refractivity (Wildman–Crippen MR) is 134 cm³/mol. The fourth-order valence-corrected chi connectivity index (χ4v) is 3.43. The van der Waals surface area contributed by atoms with Crippen molar-refractivity contribution in [2.24, 2.45) is 4.99 Å². The maximum Gasteiger partial charge on any atom is 0.363 e. The highest BCUT2D eigenvalue weighted by Gasteiger charge is 2.23. The van der Waals surface area contributed by atoms with E-state index in [9.17, 15) is 9.59 Å². The molecule has 1 aliphatic heterocycles.